The Morgan fingerprint density at radius 1 is 1.07 bits per heavy atom. The molecule has 2 saturated heterocycles. The number of ether oxygens (including phenoxy) is 1. The van der Waals surface area contributed by atoms with Gasteiger partial charge in [-0.3, -0.25) is 4.79 Å². The third kappa shape index (κ3) is 3.37. The quantitative estimate of drug-likeness (QED) is 0.660. The van der Waals surface area contributed by atoms with Gasteiger partial charge in [0.1, 0.15) is 17.1 Å². The number of benzene rings is 1. The fourth-order valence-electron chi connectivity index (χ4n) is 3.96. The molecule has 29 heavy (non-hydrogen) atoms. The van der Waals surface area contributed by atoms with Crippen LogP contribution in [0.2, 0.25) is 0 Å². The highest BCUT2D eigenvalue weighted by atomic mass is 32.1. The third-order valence-electron chi connectivity index (χ3n) is 5.66. The number of para-hydroxylation sites is 1. The molecule has 0 unspecified atom stereocenters. The van der Waals surface area contributed by atoms with Crippen molar-refractivity contribution in [3.05, 3.63) is 42.6 Å². The number of rotatable bonds is 4. The van der Waals surface area contributed by atoms with Crippen LogP contribution in [0.15, 0.2) is 42.6 Å². The smallest absolute Gasteiger partial charge is 0.229 e. The Labute approximate surface area is 173 Å². The summed E-state index contributed by atoms with van der Waals surface area (Å²) in [5, 5.41) is 0.966. The first-order valence-electron chi connectivity index (χ1n) is 9.86. The second kappa shape index (κ2) is 7.51. The molecule has 2 aromatic heterocycles. The molecule has 1 aromatic carbocycles. The average Bonchev–Trinajstić information content (AvgIpc) is 3.17. The number of methoxy groups -OCH3 is 1. The van der Waals surface area contributed by atoms with Crippen LogP contribution >= 0.6 is 11.3 Å². The van der Waals surface area contributed by atoms with E-state index >= 15 is 0 Å². The summed E-state index contributed by atoms with van der Waals surface area (Å²) >= 11 is 1.65. The number of nitrogens with zero attached hydrogens (tertiary/aromatic N) is 5. The van der Waals surface area contributed by atoms with Gasteiger partial charge in [-0.25, -0.2) is 9.97 Å². The number of aromatic nitrogens is 2. The van der Waals surface area contributed by atoms with Gasteiger partial charge < -0.3 is 19.4 Å². The predicted molar refractivity (Wildman–Crippen MR) is 115 cm³/mol. The maximum absolute atomic E-state index is 12.9. The number of anilines is 2. The van der Waals surface area contributed by atoms with Gasteiger partial charge in [0, 0.05) is 45.5 Å². The van der Waals surface area contributed by atoms with Crippen molar-refractivity contribution in [3.63, 3.8) is 0 Å². The van der Waals surface area contributed by atoms with E-state index in [2.05, 4.69) is 20.9 Å². The molecule has 0 aliphatic carbocycles. The molecule has 3 aromatic rings. The van der Waals surface area contributed by atoms with Crippen LogP contribution in [0.1, 0.15) is 0 Å². The third-order valence-corrected chi connectivity index (χ3v) is 6.74. The first kappa shape index (κ1) is 18.2. The summed E-state index contributed by atoms with van der Waals surface area (Å²) in [6.07, 6.45) is 1.81. The fourth-order valence-corrected chi connectivity index (χ4v) is 4.96. The molecule has 4 heterocycles. The Morgan fingerprint density at radius 3 is 2.62 bits per heavy atom. The van der Waals surface area contributed by atoms with Crippen molar-refractivity contribution in [3.8, 4) is 5.75 Å². The molecule has 0 spiro atoms. The lowest BCUT2D eigenvalue weighted by molar-refractivity contribution is -0.136. The van der Waals surface area contributed by atoms with Crippen LogP contribution in [0, 0.1) is 5.92 Å². The number of thiazole rings is 1. The summed E-state index contributed by atoms with van der Waals surface area (Å²) in [7, 11) is 1.67. The minimum absolute atomic E-state index is 0.0605. The molecule has 0 saturated carbocycles. The SMILES string of the molecule is COc1cccc2sc(N3CC(C(=O)N4CCN(c5ccccn5)CC4)C3)nc12. The van der Waals surface area contributed by atoms with Gasteiger partial charge in [-0.2, -0.15) is 0 Å². The summed E-state index contributed by atoms with van der Waals surface area (Å²) in [5.74, 6) is 2.11. The van der Waals surface area contributed by atoms with Gasteiger partial charge in [0.25, 0.3) is 0 Å². The van der Waals surface area contributed by atoms with Crippen LogP contribution < -0.4 is 14.5 Å². The summed E-state index contributed by atoms with van der Waals surface area (Å²) < 4.78 is 6.52. The highest BCUT2D eigenvalue weighted by Gasteiger charge is 2.37. The molecule has 0 atom stereocenters. The normalized spacial score (nSPS) is 17.5. The van der Waals surface area contributed by atoms with Crippen LogP contribution in [-0.4, -0.2) is 67.2 Å². The maximum Gasteiger partial charge on any atom is 0.229 e. The monoisotopic (exact) mass is 409 g/mol. The molecular weight excluding hydrogens is 386 g/mol. The van der Waals surface area contributed by atoms with Crippen molar-refractivity contribution in [2.24, 2.45) is 5.92 Å². The standard InChI is InChI=1S/C21H23N5O2S/c1-28-16-5-4-6-17-19(16)23-21(29-17)26-13-15(14-26)20(27)25-11-9-24(10-12-25)18-7-2-3-8-22-18/h2-8,15H,9-14H2,1H3. The lowest BCUT2D eigenvalue weighted by atomic mass is 9.99. The lowest BCUT2D eigenvalue weighted by Crippen LogP contribution is -2.58. The number of pyridine rings is 1. The minimum atomic E-state index is 0.0605. The average molecular weight is 410 g/mol. The van der Waals surface area contributed by atoms with E-state index < -0.39 is 0 Å². The Bertz CT molecular complexity index is 1010. The number of piperazine rings is 1. The van der Waals surface area contributed by atoms with Gasteiger partial charge in [0.2, 0.25) is 5.91 Å². The molecule has 8 heteroatoms. The zero-order valence-electron chi connectivity index (χ0n) is 16.3. The zero-order valence-corrected chi connectivity index (χ0v) is 17.1. The molecule has 0 radical (unpaired) electrons. The van der Waals surface area contributed by atoms with Crippen LogP contribution in [0.4, 0.5) is 10.9 Å². The van der Waals surface area contributed by atoms with Crippen molar-refractivity contribution in [2.45, 2.75) is 0 Å². The van der Waals surface area contributed by atoms with Crippen LogP contribution in [0.3, 0.4) is 0 Å². The highest BCUT2D eigenvalue weighted by molar-refractivity contribution is 7.22. The first-order valence-corrected chi connectivity index (χ1v) is 10.7. The molecule has 2 fully saturated rings. The van der Waals surface area contributed by atoms with Crippen molar-refractivity contribution >= 4 is 38.4 Å². The van der Waals surface area contributed by atoms with E-state index in [-0.39, 0.29) is 11.8 Å². The molecule has 7 nitrogen and oxygen atoms in total. The Balaban J connectivity index is 1.18. The Kier molecular flexibility index (Phi) is 4.71. The summed E-state index contributed by atoms with van der Waals surface area (Å²) in [4.78, 5) is 28.5. The van der Waals surface area contributed by atoms with E-state index in [0.29, 0.717) is 0 Å². The van der Waals surface area contributed by atoms with Crippen molar-refractivity contribution in [1.82, 2.24) is 14.9 Å². The van der Waals surface area contributed by atoms with Crippen molar-refractivity contribution < 1.29 is 9.53 Å². The number of carbonyl (C=O) groups excluding carboxylic acids is 1. The minimum Gasteiger partial charge on any atom is -0.494 e. The molecule has 0 N–H and O–H groups in total. The van der Waals surface area contributed by atoms with E-state index in [1.165, 1.54) is 0 Å². The molecular formula is C21H23N5O2S. The van der Waals surface area contributed by atoms with Gasteiger partial charge in [-0.1, -0.05) is 23.5 Å². The topological polar surface area (TPSA) is 61.8 Å². The highest BCUT2D eigenvalue weighted by Crippen LogP contribution is 2.36. The largest absolute Gasteiger partial charge is 0.494 e. The lowest BCUT2D eigenvalue weighted by Gasteiger charge is -2.42. The van der Waals surface area contributed by atoms with E-state index in [4.69, 9.17) is 9.72 Å². The predicted octanol–water partition coefficient (Wildman–Crippen LogP) is 2.48. The van der Waals surface area contributed by atoms with Crippen LogP contribution in [-0.2, 0) is 4.79 Å². The molecule has 2 aliphatic heterocycles. The van der Waals surface area contributed by atoms with Crippen LogP contribution in [0.25, 0.3) is 10.2 Å². The van der Waals surface area contributed by atoms with Crippen LogP contribution in [0.5, 0.6) is 5.75 Å². The molecule has 150 valence electrons. The number of hydrogen-bond donors (Lipinski definition) is 0. The van der Waals surface area contributed by atoms with E-state index in [0.717, 1.165) is 66.2 Å². The van der Waals surface area contributed by atoms with Crippen molar-refractivity contribution in [1.29, 1.82) is 0 Å². The summed E-state index contributed by atoms with van der Waals surface area (Å²) in [6.45, 7) is 4.64. The van der Waals surface area contributed by atoms with Gasteiger partial charge in [0.05, 0.1) is 17.7 Å². The second-order valence-corrected chi connectivity index (χ2v) is 8.41. The van der Waals surface area contributed by atoms with Gasteiger partial charge in [-0.05, 0) is 24.3 Å². The number of carbonyl (C=O) groups is 1. The van der Waals surface area contributed by atoms with E-state index in [1.54, 1.807) is 18.4 Å². The number of hydrogen-bond acceptors (Lipinski definition) is 7. The van der Waals surface area contributed by atoms with E-state index in [9.17, 15) is 4.79 Å². The fraction of sp³-hybridized carbons (Fsp3) is 0.381. The Hall–Kier alpha value is -2.87. The molecule has 2 aliphatic rings. The molecule has 0 bridgehead atoms. The zero-order chi connectivity index (χ0) is 19.8. The maximum atomic E-state index is 12.9. The summed E-state index contributed by atoms with van der Waals surface area (Å²) in [5.41, 5.74) is 0.899. The van der Waals surface area contributed by atoms with Gasteiger partial charge in [0.15, 0.2) is 5.13 Å². The van der Waals surface area contributed by atoms with Gasteiger partial charge in [-0.15, -0.1) is 0 Å². The van der Waals surface area contributed by atoms with Gasteiger partial charge >= 0.3 is 0 Å². The number of fused-ring (bicyclic) bond motifs is 1. The molecule has 1 amide bonds. The van der Waals surface area contributed by atoms with E-state index in [1.807, 2.05) is 41.4 Å². The molecule has 5 rings (SSSR count). The Morgan fingerprint density at radius 2 is 1.90 bits per heavy atom. The van der Waals surface area contributed by atoms with Crippen molar-refractivity contribution in [2.75, 3.05) is 56.2 Å². The first-order chi connectivity index (χ1) is 14.2. The second-order valence-electron chi connectivity index (χ2n) is 7.41. The summed E-state index contributed by atoms with van der Waals surface area (Å²) in [6, 6.07) is 11.9. The number of amides is 1.